The number of rotatable bonds is 10. The first kappa shape index (κ1) is 28.7. The van der Waals surface area contributed by atoms with Crippen molar-refractivity contribution >= 4 is 0 Å². The van der Waals surface area contributed by atoms with Crippen LogP contribution in [-0.2, 0) is 26.2 Å². The normalized spacial score (nSPS) is 17.5. The van der Waals surface area contributed by atoms with Gasteiger partial charge in [0.2, 0.25) is 0 Å². The predicted octanol–water partition coefficient (Wildman–Crippen LogP) is 7.72. The molecule has 0 bridgehead atoms. The maximum atomic E-state index is 2.65. The van der Waals surface area contributed by atoms with Crippen molar-refractivity contribution < 1.29 is 0 Å². The molecule has 4 heteroatoms. The molecule has 0 aliphatic carbocycles. The van der Waals surface area contributed by atoms with E-state index >= 15 is 0 Å². The highest BCUT2D eigenvalue weighted by Gasteiger charge is 2.35. The minimum absolute atomic E-state index is 0.244. The van der Waals surface area contributed by atoms with Gasteiger partial charge < -0.3 is 0 Å². The van der Waals surface area contributed by atoms with Crippen LogP contribution in [0.2, 0.25) is 0 Å². The Hall–Kier alpha value is -4.06. The van der Waals surface area contributed by atoms with Crippen LogP contribution in [0, 0.1) is 0 Å². The third kappa shape index (κ3) is 6.69. The van der Waals surface area contributed by atoms with Crippen molar-refractivity contribution in [2.24, 2.45) is 0 Å². The molecule has 2 saturated heterocycles. The monoisotopic (exact) mass is 578 g/mol. The zero-order valence-corrected chi connectivity index (χ0v) is 25.5. The maximum absolute atomic E-state index is 2.65. The van der Waals surface area contributed by atoms with Gasteiger partial charge in [-0.3, -0.25) is 19.6 Å². The third-order valence-electron chi connectivity index (χ3n) is 9.18. The Morgan fingerprint density at radius 3 is 0.773 bits per heavy atom. The average Bonchev–Trinajstić information content (AvgIpc) is 3.66. The van der Waals surface area contributed by atoms with E-state index in [1.165, 1.54) is 33.4 Å². The molecule has 44 heavy (non-hydrogen) atoms. The quantitative estimate of drug-likeness (QED) is 0.168. The molecule has 0 N–H and O–H groups in total. The van der Waals surface area contributed by atoms with E-state index in [9.17, 15) is 0 Å². The Morgan fingerprint density at radius 2 is 0.545 bits per heavy atom. The molecule has 5 aromatic rings. The highest BCUT2D eigenvalue weighted by molar-refractivity contribution is 5.30. The van der Waals surface area contributed by atoms with Crippen LogP contribution in [0.15, 0.2) is 146 Å². The second-order valence-corrected chi connectivity index (χ2v) is 12.2. The van der Waals surface area contributed by atoms with Gasteiger partial charge in [0.15, 0.2) is 0 Å². The number of benzene rings is 5. The van der Waals surface area contributed by atoms with Crippen LogP contribution in [0.4, 0.5) is 0 Å². The van der Waals surface area contributed by atoms with E-state index in [1.807, 2.05) is 0 Å². The first-order valence-corrected chi connectivity index (χ1v) is 16.0. The average molecular weight is 579 g/mol. The first-order valence-electron chi connectivity index (χ1n) is 16.0. The molecule has 2 aliphatic heterocycles. The molecule has 0 radical (unpaired) electrons. The Balaban J connectivity index is 1.17. The van der Waals surface area contributed by atoms with Crippen LogP contribution < -0.4 is 0 Å². The van der Waals surface area contributed by atoms with Gasteiger partial charge in [0.25, 0.3) is 0 Å². The van der Waals surface area contributed by atoms with E-state index in [0.717, 1.165) is 52.4 Å². The first-order chi connectivity index (χ1) is 21.8. The molecule has 7 rings (SSSR count). The molecule has 222 valence electrons. The number of nitrogens with zero attached hydrogens (tertiary/aromatic N) is 4. The van der Waals surface area contributed by atoms with Crippen molar-refractivity contribution in [3.63, 3.8) is 0 Å². The second-order valence-electron chi connectivity index (χ2n) is 12.2. The van der Waals surface area contributed by atoms with Gasteiger partial charge in [-0.2, -0.15) is 0 Å². The van der Waals surface area contributed by atoms with Crippen molar-refractivity contribution in [1.29, 1.82) is 0 Å². The van der Waals surface area contributed by atoms with Gasteiger partial charge in [-0.15, -0.1) is 0 Å². The highest BCUT2D eigenvalue weighted by atomic mass is 15.4. The fourth-order valence-electron chi connectivity index (χ4n) is 7.08. The van der Waals surface area contributed by atoms with Gasteiger partial charge in [-0.1, -0.05) is 146 Å². The summed E-state index contributed by atoms with van der Waals surface area (Å²) in [5.74, 6) is 0. The molecular formula is C40H42N4. The van der Waals surface area contributed by atoms with Gasteiger partial charge in [0, 0.05) is 52.4 Å². The van der Waals surface area contributed by atoms with Crippen LogP contribution in [-0.4, -0.2) is 45.8 Å². The summed E-state index contributed by atoms with van der Waals surface area (Å²) < 4.78 is 0. The molecule has 0 aromatic heterocycles. The summed E-state index contributed by atoms with van der Waals surface area (Å²) in [4.78, 5) is 10.6. The van der Waals surface area contributed by atoms with Crippen molar-refractivity contribution in [2.45, 2.75) is 38.5 Å². The van der Waals surface area contributed by atoms with Gasteiger partial charge in [0.1, 0.15) is 0 Å². The molecule has 0 unspecified atom stereocenters. The smallest absolute Gasteiger partial charge is 0.0892 e. The third-order valence-corrected chi connectivity index (χ3v) is 9.18. The molecule has 2 aliphatic rings. The van der Waals surface area contributed by atoms with Crippen LogP contribution in [0.25, 0.3) is 0 Å². The molecule has 2 fully saturated rings. The van der Waals surface area contributed by atoms with Gasteiger partial charge in [-0.05, 0) is 33.4 Å². The lowest BCUT2D eigenvalue weighted by molar-refractivity contribution is 0.123. The zero-order chi connectivity index (χ0) is 29.6. The fraction of sp³-hybridized carbons (Fsp3) is 0.250. The SMILES string of the molecule is c1ccc(CN2CCN(Cc3ccccc3)C2c2ccc(C3N(Cc4ccccc4)CCN3Cc3ccccc3)cc2)cc1. The Morgan fingerprint density at radius 1 is 0.318 bits per heavy atom. The molecule has 2 heterocycles. The van der Waals surface area contributed by atoms with Gasteiger partial charge in [0.05, 0.1) is 12.3 Å². The number of hydrogen-bond donors (Lipinski definition) is 0. The summed E-state index contributed by atoms with van der Waals surface area (Å²) in [6.45, 7) is 8.07. The van der Waals surface area contributed by atoms with Crippen LogP contribution >= 0.6 is 0 Å². The van der Waals surface area contributed by atoms with Crippen LogP contribution in [0.5, 0.6) is 0 Å². The van der Waals surface area contributed by atoms with E-state index in [-0.39, 0.29) is 12.3 Å². The largest absolute Gasteiger partial charge is 0.279 e. The Kier molecular flexibility index (Phi) is 8.94. The van der Waals surface area contributed by atoms with Crippen molar-refractivity contribution in [3.05, 3.63) is 179 Å². The lowest BCUT2D eigenvalue weighted by Gasteiger charge is -2.33. The molecule has 0 atom stereocenters. The molecular weight excluding hydrogens is 536 g/mol. The second kappa shape index (κ2) is 13.7. The van der Waals surface area contributed by atoms with Gasteiger partial charge in [-0.25, -0.2) is 0 Å². The molecule has 0 spiro atoms. The minimum atomic E-state index is 0.244. The standard InChI is InChI=1S/C40H42N4/c1-5-13-33(14-6-1)29-41-25-26-42(30-34-15-7-2-8-16-34)39(41)37-21-23-38(24-22-37)40-43(31-35-17-9-3-10-18-35)27-28-44(40)32-36-19-11-4-12-20-36/h1-24,39-40H,25-32H2. The van der Waals surface area contributed by atoms with E-state index in [2.05, 4.69) is 165 Å². The molecule has 0 saturated carbocycles. The summed E-state index contributed by atoms with van der Waals surface area (Å²) in [5, 5.41) is 0. The summed E-state index contributed by atoms with van der Waals surface area (Å²) in [5.41, 5.74) is 8.23. The lowest BCUT2D eigenvalue weighted by atomic mass is 10.0. The summed E-state index contributed by atoms with van der Waals surface area (Å²) in [6.07, 6.45) is 0.489. The topological polar surface area (TPSA) is 13.0 Å². The van der Waals surface area contributed by atoms with E-state index < -0.39 is 0 Å². The maximum Gasteiger partial charge on any atom is 0.0892 e. The van der Waals surface area contributed by atoms with E-state index in [1.54, 1.807) is 0 Å². The van der Waals surface area contributed by atoms with Crippen molar-refractivity contribution in [1.82, 2.24) is 19.6 Å². The summed E-state index contributed by atoms with van der Waals surface area (Å²) in [6, 6.07) is 53.3. The predicted molar refractivity (Wildman–Crippen MR) is 179 cm³/mol. The Bertz CT molecular complexity index is 1350. The highest BCUT2D eigenvalue weighted by Crippen LogP contribution is 2.36. The van der Waals surface area contributed by atoms with E-state index in [0.29, 0.717) is 0 Å². The number of hydrogen-bond acceptors (Lipinski definition) is 4. The van der Waals surface area contributed by atoms with E-state index in [4.69, 9.17) is 0 Å². The minimum Gasteiger partial charge on any atom is -0.279 e. The van der Waals surface area contributed by atoms with Crippen LogP contribution in [0.1, 0.15) is 45.7 Å². The molecule has 0 amide bonds. The zero-order valence-electron chi connectivity index (χ0n) is 25.5. The van der Waals surface area contributed by atoms with Gasteiger partial charge >= 0.3 is 0 Å². The van der Waals surface area contributed by atoms with Crippen molar-refractivity contribution in [2.75, 3.05) is 26.2 Å². The molecule has 5 aromatic carbocycles. The fourth-order valence-corrected chi connectivity index (χ4v) is 7.08. The molecule has 4 nitrogen and oxygen atoms in total. The summed E-state index contributed by atoms with van der Waals surface area (Å²) >= 11 is 0. The summed E-state index contributed by atoms with van der Waals surface area (Å²) in [7, 11) is 0. The lowest BCUT2D eigenvalue weighted by Crippen LogP contribution is -2.31. The Labute approximate surface area is 262 Å². The van der Waals surface area contributed by atoms with Crippen molar-refractivity contribution in [3.8, 4) is 0 Å². The van der Waals surface area contributed by atoms with Crippen LogP contribution in [0.3, 0.4) is 0 Å².